The van der Waals surface area contributed by atoms with Crippen molar-refractivity contribution in [2.45, 2.75) is 64.1 Å². The van der Waals surface area contributed by atoms with E-state index in [1.165, 1.54) is 0 Å². The molecule has 3 rings (SSSR count). The van der Waals surface area contributed by atoms with Crippen molar-refractivity contribution >= 4 is 17.5 Å². The smallest absolute Gasteiger partial charge is 0.251 e. The Morgan fingerprint density at radius 2 is 1.83 bits per heavy atom. The molecule has 0 unspecified atom stereocenters. The van der Waals surface area contributed by atoms with Gasteiger partial charge in [0, 0.05) is 28.4 Å². The molecule has 0 atom stereocenters. The number of benzene rings is 1. The van der Waals surface area contributed by atoms with Gasteiger partial charge in [0.25, 0.3) is 5.91 Å². The van der Waals surface area contributed by atoms with E-state index in [0.717, 1.165) is 24.1 Å². The second-order valence-electron chi connectivity index (χ2n) is 8.07. The van der Waals surface area contributed by atoms with Crippen LogP contribution in [-0.2, 0) is 11.2 Å². The highest BCUT2D eigenvalue weighted by Crippen LogP contribution is 2.29. The number of piperidine rings is 1. The maximum absolute atomic E-state index is 12.6. The van der Waals surface area contributed by atoms with Gasteiger partial charge in [-0.25, -0.2) is 0 Å². The van der Waals surface area contributed by atoms with Crippen LogP contribution in [0.25, 0.3) is 0 Å². The van der Waals surface area contributed by atoms with E-state index in [-0.39, 0.29) is 28.9 Å². The Morgan fingerprint density at radius 1 is 1.17 bits per heavy atom. The molecule has 1 fully saturated rings. The maximum Gasteiger partial charge on any atom is 0.251 e. The zero-order valence-corrected chi connectivity index (χ0v) is 14.2. The van der Waals surface area contributed by atoms with Crippen LogP contribution in [0.15, 0.2) is 18.2 Å². The van der Waals surface area contributed by atoms with E-state index in [1.807, 2.05) is 12.1 Å². The van der Waals surface area contributed by atoms with Gasteiger partial charge in [0.2, 0.25) is 5.91 Å². The van der Waals surface area contributed by atoms with Crippen molar-refractivity contribution < 1.29 is 9.59 Å². The highest BCUT2D eigenvalue weighted by molar-refractivity contribution is 6.01. The summed E-state index contributed by atoms with van der Waals surface area (Å²) in [6.45, 7) is 8.67. The number of anilines is 1. The minimum atomic E-state index is -0.0642. The van der Waals surface area contributed by atoms with Gasteiger partial charge in [-0.05, 0) is 64.3 Å². The number of nitrogens with one attached hydrogen (secondary N) is 3. The lowest BCUT2D eigenvalue weighted by atomic mass is 9.79. The first-order valence-corrected chi connectivity index (χ1v) is 8.17. The predicted molar refractivity (Wildman–Crippen MR) is 90.6 cm³/mol. The molecule has 3 N–H and O–H groups in total. The van der Waals surface area contributed by atoms with Crippen LogP contribution in [0.2, 0.25) is 0 Å². The van der Waals surface area contributed by atoms with Gasteiger partial charge in [0.05, 0.1) is 6.42 Å². The molecule has 0 aromatic heterocycles. The topological polar surface area (TPSA) is 70.2 Å². The summed E-state index contributed by atoms with van der Waals surface area (Å²) in [5.41, 5.74) is 2.32. The normalized spacial score (nSPS) is 22.3. The summed E-state index contributed by atoms with van der Waals surface area (Å²) in [6, 6.07) is 5.55. The van der Waals surface area contributed by atoms with Crippen molar-refractivity contribution in [1.29, 1.82) is 0 Å². The molecule has 2 aliphatic rings. The standard InChI is InChI=1S/C18H25N3O2/c1-17(2)9-13(10-18(3,4)21-17)19-16(23)11-5-6-14-12(7-11)8-15(22)20-14/h5-7,13,21H,8-10H2,1-4H3,(H,19,23)(H,20,22). The molecule has 23 heavy (non-hydrogen) atoms. The maximum atomic E-state index is 12.6. The summed E-state index contributed by atoms with van der Waals surface area (Å²) in [6.07, 6.45) is 2.14. The van der Waals surface area contributed by atoms with Crippen LogP contribution in [-0.4, -0.2) is 28.9 Å². The largest absolute Gasteiger partial charge is 0.349 e. The van der Waals surface area contributed by atoms with Gasteiger partial charge in [0.15, 0.2) is 0 Å². The zero-order chi connectivity index (χ0) is 16.8. The first-order chi connectivity index (χ1) is 10.6. The summed E-state index contributed by atoms with van der Waals surface area (Å²) in [5, 5.41) is 9.57. The lowest BCUT2D eigenvalue weighted by molar-refractivity contribution is -0.115. The molecule has 0 radical (unpaired) electrons. The second-order valence-corrected chi connectivity index (χ2v) is 8.07. The molecule has 2 amide bonds. The minimum absolute atomic E-state index is 0.00598. The van der Waals surface area contributed by atoms with Crippen molar-refractivity contribution in [3.8, 4) is 0 Å². The first-order valence-electron chi connectivity index (χ1n) is 8.17. The third-order valence-corrected chi connectivity index (χ3v) is 4.52. The van der Waals surface area contributed by atoms with Crippen LogP contribution < -0.4 is 16.0 Å². The Balaban J connectivity index is 1.72. The number of hydrogen-bond donors (Lipinski definition) is 3. The summed E-state index contributed by atoms with van der Waals surface area (Å²) < 4.78 is 0. The molecule has 2 heterocycles. The number of amides is 2. The van der Waals surface area contributed by atoms with Crippen LogP contribution in [0.4, 0.5) is 5.69 Å². The van der Waals surface area contributed by atoms with Crippen molar-refractivity contribution in [3.63, 3.8) is 0 Å². The molecule has 5 heteroatoms. The molecule has 1 saturated heterocycles. The van der Waals surface area contributed by atoms with E-state index in [1.54, 1.807) is 6.07 Å². The molecule has 0 saturated carbocycles. The Morgan fingerprint density at radius 3 is 2.48 bits per heavy atom. The fourth-order valence-electron chi connectivity index (χ4n) is 4.06. The molecular weight excluding hydrogens is 290 g/mol. The van der Waals surface area contributed by atoms with Gasteiger partial charge in [-0.3, -0.25) is 9.59 Å². The average Bonchev–Trinajstić information content (AvgIpc) is 2.73. The fourth-order valence-corrected chi connectivity index (χ4v) is 4.06. The molecule has 2 aliphatic heterocycles. The fraction of sp³-hybridized carbons (Fsp3) is 0.556. The van der Waals surface area contributed by atoms with E-state index in [9.17, 15) is 9.59 Å². The minimum Gasteiger partial charge on any atom is -0.349 e. The summed E-state index contributed by atoms with van der Waals surface area (Å²) >= 11 is 0. The van der Waals surface area contributed by atoms with Gasteiger partial charge < -0.3 is 16.0 Å². The van der Waals surface area contributed by atoms with E-state index < -0.39 is 0 Å². The van der Waals surface area contributed by atoms with Crippen molar-refractivity contribution in [2.24, 2.45) is 0 Å². The number of fused-ring (bicyclic) bond motifs is 1. The second kappa shape index (κ2) is 5.34. The molecule has 0 spiro atoms. The lowest BCUT2D eigenvalue weighted by Crippen LogP contribution is -2.62. The van der Waals surface area contributed by atoms with Crippen LogP contribution in [0, 0.1) is 0 Å². The third-order valence-electron chi connectivity index (χ3n) is 4.52. The highest BCUT2D eigenvalue weighted by atomic mass is 16.2. The van der Waals surface area contributed by atoms with Gasteiger partial charge in [-0.2, -0.15) is 0 Å². The van der Waals surface area contributed by atoms with E-state index in [4.69, 9.17) is 0 Å². The SMILES string of the molecule is CC1(C)CC(NC(=O)c2ccc3c(c2)CC(=O)N3)CC(C)(C)N1. The number of rotatable bonds is 2. The Hall–Kier alpha value is -1.88. The van der Waals surface area contributed by atoms with E-state index >= 15 is 0 Å². The summed E-state index contributed by atoms with van der Waals surface area (Å²) in [5.74, 6) is -0.0786. The van der Waals surface area contributed by atoms with Crippen molar-refractivity contribution in [2.75, 3.05) is 5.32 Å². The third kappa shape index (κ3) is 3.55. The molecule has 1 aromatic carbocycles. The molecule has 1 aromatic rings. The molecule has 0 aliphatic carbocycles. The van der Waals surface area contributed by atoms with E-state index in [2.05, 4.69) is 43.6 Å². The van der Waals surface area contributed by atoms with E-state index in [0.29, 0.717) is 12.0 Å². The van der Waals surface area contributed by atoms with Crippen molar-refractivity contribution in [1.82, 2.24) is 10.6 Å². The molecule has 5 nitrogen and oxygen atoms in total. The molecular formula is C18H25N3O2. The number of carbonyl (C=O) groups is 2. The monoisotopic (exact) mass is 315 g/mol. The van der Waals surface area contributed by atoms with Crippen LogP contribution in [0.3, 0.4) is 0 Å². The van der Waals surface area contributed by atoms with Crippen LogP contribution in [0.5, 0.6) is 0 Å². The summed E-state index contributed by atoms with van der Waals surface area (Å²) in [7, 11) is 0. The lowest BCUT2D eigenvalue weighted by Gasteiger charge is -2.46. The average molecular weight is 315 g/mol. The van der Waals surface area contributed by atoms with Gasteiger partial charge in [0.1, 0.15) is 0 Å². The predicted octanol–water partition coefficient (Wildman–Crippen LogP) is 2.22. The van der Waals surface area contributed by atoms with Crippen molar-refractivity contribution in [3.05, 3.63) is 29.3 Å². The zero-order valence-electron chi connectivity index (χ0n) is 14.2. The van der Waals surface area contributed by atoms with Gasteiger partial charge >= 0.3 is 0 Å². The van der Waals surface area contributed by atoms with Crippen LogP contribution >= 0.6 is 0 Å². The highest BCUT2D eigenvalue weighted by Gasteiger charge is 2.38. The van der Waals surface area contributed by atoms with Gasteiger partial charge in [-0.1, -0.05) is 0 Å². The first kappa shape index (κ1) is 16.0. The van der Waals surface area contributed by atoms with Crippen LogP contribution in [0.1, 0.15) is 56.5 Å². The molecule has 0 bridgehead atoms. The Labute approximate surface area is 137 Å². The Bertz CT molecular complexity index is 648. The summed E-state index contributed by atoms with van der Waals surface area (Å²) in [4.78, 5) is 24.0. The molecule has 124 valence electrons. The quantitative estimate of drug-likeness (QED) is 0.784. The van der Waals surface area contributed by atoms with Gasteiger partial charge in [-0.15, -0.1) is 0 Å². The number of hydrogen-bond acceptors (Lipinski definition) is 3. The number of carbonyl (C=O) groups excluding carboxylic acids is 2. The Kier molecular flexibility index (Phi) is 3.71.